The minimum atomic E-state index is -0.737. The van der Waals surface area contributed by atoms with E-state index in [1.165, 1.54) is 0 Å². The van der Waals surface area contributed by atoms with Crippen LogP contribution in [0.15, 0.2) is 24.3 Å². The number of ketones is 1. The van der Waals surface area contributed by atoms with Crippen molar-refractivity contribution in [2.75, 3.05) is 0 Å². The van der Waals surface area contributed by atoms with E-state index < -0.39 is 23.6 Å². The van der Waals surface area contributed by atoms with E-state index >= 15 is 0 Å². The number of hydrogen-bond acceptors (Lipinski definition) is 4. The minimum Gasteiger partial charge on any atom is -0.444 e. The molecule has 0 saturated carbocycles. The Morgan fingerprint density at radius 3 is 2.39 bits per heavy atom. The van der Waals surface area contributed by atoms with Crippen molar-refractivity contribution in [2.24, 2.45) is 0 Å². The van der Waals surface area contributed by atoms with E-state index in [1.807, 2.05) is 5.23 Å². The molecule has 2 amide bonds. The number of carbonyl (C=O) groups is 3. The number of rotatable bonds is 5. The molecule has 1 aromatic carbocycles. The number of nitrogens with one attached hydrogen (secondary N) is 2. The van der Waals surface area contributed by atoms with E-state index in [1.54, 1.807) is 52.0 Å². The zero-order valence-corrected chi connectivity index (χ0v) is 13.8. The largest absolute Gasteiger partial charge is 0.444 e. The first-order chi connectivity index (χ1) is 10.6. The molecular weight excluding hydrogens is 295 g/mol. The summed E-state index contributed by atoms with van der Waals surface area (Å²) in [6, 6.07) is 5.92. The molecule has 6 nitrogen and oxygen atoms in total. The van der Waals surface area contributed by atoms with Gasteiger partial charge in [0.15, 0.2) is 5.78 Å². The Kier molecular flexibility index (Phi) is 6.36. The van der Waals surface area contributed by atoms with Crippen LogP contribution in [0.4, 0.5) is 4.79 Å². The average molecular weight is 316 g/mol. The third-order valence-corrected chi connectivity index (χ3v) is 2.97. The van der Waals surface area contributed by atoms with E-state index in [4.69, 9.17) is 12.7 Å². The Balaban J connectivity index is 2.73. The van der Waals surface area contributed by atoms with Gasteiger partial charge in [0, 0.05) is 12.0 Å². The topological polar surface area (TPSA) is 84.5 Å². The fourth-order valence-corrected chi connectivity index (χ4v) is 1.88. The Bertz CT molecular complexity index is 596. The van der Waals surface area contributed by atoms with Gasteiger partial charge in [0.1, 0.15) is 5.60 Å². The summed E-state index contributed by atoms with van der Waals surface area (Å²) < 4.78 is 5.11. The van der Waals surface area contributed by atoms with Crippen LogP contribution in [-0.4, -0.2) is 37.4 Å². The van der Waals surface area contributed by atoms with Gasteiger partial charge in [0.05, 0.1) is 6.04 Å². The summed E-state index contributed by atoms with van der Waals surface area (Å²) in [5, 5.41) is 4.53. The highest BCUT2D eigenvalue weighted by Gasteiger charge is 2.22. The monoisotopic (exact) mass is 316 g/mol. The van der Waals surface area contributed by atoms with Gasteiger partial charge >= 0.3 is 6.09 Å². The van der Waals surface area contributed by atoms with Crippen LogP contribution in [0.2, 0.25) is 0 Å². The van der Waals surface area contributed by atoms with Crippen LogP contribution in [0.1, 0.15) is 43.6 Å². The highest BCUT2D eigenvalue weighted by molar-refractivity contribution is 6.18. The van der Waals surface area contributed by atoms with Crippen LogP contribution in [0.3, 0.4) is 0 Å². The zero-order valence-electron chi connectivity index (χ0n) is 13.8. The number of benzene rings is 1. The van der Waals surface area contributed by atoms with Crippen LogP contribution in [0.5, 0.6) is 0 Å². The van der Waals surface area contributed by atoms with E-state index in [9.17, 15) is 14.4 Å². The van der Waals surface area contributed by atoms with Gasteiger partial charge in [0.25, 0.3) is 0 Å². The SMILES string of the molecule is [B]NC(=O)c1ccccc1CC(=O)C(C)NC(=O)OC(C)(C)C. The number of ether oxygens (including phenoxy) is 1. The van der Waals surface area contributed by atoms with Crippen molar-refractivity contribution < 1.29 is 19.1 Å². The van der Waals surface area contributed by atoms with Crippen molar-refractivity contribution in [1.29, 1.82) is 0 Å². The lowest BCUT2D eigenvalue weighted by Gasteiger charge is -2.21. The summed E-state index contributed by atoms with van der Waals surface area (Å²) in [5.74, 6) is -0.714. The zero-order chi connectivity index (χ0) is 17.6. The minimum absolute atomic E-state index is 0.000553. The normalized spacial score (nSPS) is 12.2. The maximum Gasteiger partial charge on any atom is 0.408 e. The second-order valence-electron chi connectivity index (χ2n) is 6.14. The van der Waals surface area contributed by atoms with Gasteiger partial charge in [-0.1, -0.05) is 18.2 Å². The molecule has 0 fully saturated rings. The van der Waals surface area contributed by atoms with Crippen LogP contribution in [0.25, 0.3) is 0 Å². The molecule has 1 rings (SSSR count). The Morgan fingerprint density at radius 2 is 1.83 bits per heavy atom. The summed E-state index contributed by atoms with van der Waals surface area (Å²) in [6.45, 7) is 6.78. The molecule has 0 aliphatic rings. The Hall–Kier alpha value is -2.31. The van der Waals surface area contributed by atoms with Crippen molar-refractivity contribution in [3.63, 3.8) is 0 Å². The molecule has 0 spiro atoms. The second kappa shape index (κ2) is 7.81. The van der Waals surface area contributed by atoms with Gasteiger partial charge in [-0.2, -0.15) is 0 Å². The molecule has 1 aromatic rings. The maximum atomic E-state index is 12.2. The van der Waals surface area contributed by atoms with Gasteiger partial charge < -0.3 is 15.3 Å². The smallest absolute Gasteiger partial charge is 0.408 e. The summed E-state index contributed by atoms with van der Waals surface area (Å²) in [6.07, 6.45) is -0.660. The fraction of sp³-hybridized carbons (Fsp3) is 0.438. The van der Waals surface area contributed by atoms with Gasteiger partial charge in [-0.25, -0.2) is 4.79 Å². The Labute approximate surface area is 137 Å². The Morgan fingerprint density at radius 1 is 1.22 bits per heavy atom. The van der Waals surface area contributed by atoms with Gasteiger partial charge in [0.2, 0.25) is 13.9 Å². The first-order valence-electron chi connectivity index (χ1n) is 7.25. The predicted molar refractivity (Wildman–Crippen MR) is 87.2 cm³/mol. The quantitative estimate of drug-likeness (QED) is 0.807. The fourth-order valence-electron chi connectivity index (χ4n) is 1.88. The average Bonchev–Trinajstić information content (AvgIpc) is 2.44. The number of Topliss-reactive ketones (excluding diaryl/α,β-unsaturated/α-hetero) is 1. The first kappa shape index (κ1) is 18.7. The molecule has 0 bridgehead atoms. The standard InChI is InChI=1S/C16H21BN2O4/c1-10(18-15(22)23-16(2,3)4)13(20)9-11-7-5-6-8-12(11)14(21)19-17/h5-8,10H,9H2,1-4H3,(H,18,22)(H,19,21). The molecule has 0 aromatic heterocycles. The predicted octanol–water partition coefficient (Wildman–Crippen LogP) is 1.52. The molecule has 0 aliphatic heterocycles. The summed E-state index contributed by atoms with van der Waals surface area (Å²) >= 11 is 0. The van der Waals surface area contributed by atoms with Crippen molar-refractivity contribution in [3.8, 4) is 0 Å². The second-order valence-corrected chi connectivity index (χ2v) is 6.14. The van der Waals surface area contributed by atoms with Gasteiger partial charge in [-0.05, 0) is 39.3 Å². The summed E-state index contributed by atoms with van der Waals surface area (Å²) in [4.78, 5) is 35.6. The van der Waals surface area contributed by atoms with Gasteiger partial charge in [-0.3, -0.25) is 9.59 Å². The van der Waals surface area contributed by atoms with E-state index in [-0.39, 0.29) is 12.2 Å². The third-order valence-electron chi connectivity index (χ3n) is 2.97. The van der Waals surface area contributed by atoms with Crippen molar-refractivity contribution in [1.82, 2.24) is 10.5 Å². The van der Waals surface area contributed by atoms with Gasteiger partial charge in [-0.15, -0.1) is 0 Å². The number of alkyl carbamates (subject to hydrolysis) is 1. The molecule has 7 heteroatoms. The first-order valence-corrected chi connectivity index (χ1v) is 7.25. The highest BCUT2D eigenvalue weighted by atomic mass is 16.6. The van der Waals surface area contributed by atoms with Crippen molar-refractivity contribution in [3.05, 3.63) is 35.4 Å². The molecule has 1 unspecified atom stereocenters. The lowest BCUT2D eigenvalue weighted by atomic mass is 9.99. The molecule has 23 heavy (non-hydrogen) atoms. The molecule has 122 valence electrons. The lowest BCUT2D eigenvalue weighted by molar-refractivity contribution is -0.120. The van der Waals surface area contributed by atoms with Crippen LogP contribution in [0, 0.1) is 0 Å². The van der Waals surface area contributed by atoms with Crippen molar-refractivity contribution >= 4 is 25.8 Å². The lowest BCUT2D eigenvalue weighted by Crippen LogP contribution is -2.42. The number of hydrogen-bond donors (Lipinski definition) is 2. The molecule has 1 atom stereocenters. The van der Waals surface area contributed by atoms with Crippen LogP contribution in [-0.2, 0) is 16.0 Å². The molecule has 2 radical (unpaired) electrons. The highest BCUT2D eigenvalue weighted by Crippen LogP contribution is 2.11. The third kappa shape index (κ3) is 6.14. The van der Waals surface area contributed by atoms with Crippen LogP contribution >= 0.6 is 0 Å². The van der Waals surface area contributed by atoms with E-state index in [0.717, 1.165) is 0 Å². The summed E-state index contributed by atoms with van der Waals surface area (Å²) in [7, 11) is 5.13. The molecule has 0 heterocycles. The number of amides is 2. The summed E-state index contributed by atoms with van der Waals surface area (Å²) in [5.41, 5.74) is 0.227. The van der Waals surface area contributed by atoms with E-state index in [2.05, 4.69) is 5.32 Å². The molecule has 0 saturated heterocycles. The van der Waals surface area contributed by atoms with Crippen LogP contribution < -0.4 is 10.5 Å². The molecule has 0 aliphatic carbocycles. The molecule has 2 N–H and O–H groups in total. The maximum absolute atomic E-state index is 12.2. The van der Waals surface area contributed by atoms with Crippen molar-refractivity contribution in [2.45, 2.75) is 45.8 Å². The number of carbonyl (C=O) groups excluding carboxylic acids is 3. The van der Waals surface area contributed by atoms with E-state index in [0.29, 0.717) is 11.1 Å². The molecular formula is C16H21BN2O4.